The van der Waals surface area contributed by atoms with Crippen LogP contribution in [0.4, 0.5) is 0 Å². The van der Waals surface area contributed by atoms with Crippen LogP contribution in [0.3, 0.4) is 0 Å². The zero-order valence-corrected chi connectivity index (χ0v) is 15.7. The van der Waals surface area contributed by atoms with Crippen LogP contribution in [0.25, 0.3) is 0 Å². The molecule has 0 saturated carbocycles. The van der Waals surface area contributed by atoms with Crippen LogP contribution in [-0.4, -0.2) is 32.9 Å². The van der Waals surface area contributed by atoms with Gasteiger partial charge >= 0.3 is 46.9 Å². The molecule has 3 heterocycles. The summed E-state index contributed by atoms with van der Waals surface area (Å²) in [6.07, 6.45) is 8.26. The van der Waals surface area contributed by atoms with Crippen molar-refractivity contribution in [1.82, 2.24) is 15.0 Å². The van der Waals surface area contributed by atoms with Crippen molar-refractivity contribution in [3.8, 4) is 0 Å². The van der Waals surface area contributed by atoms with Crippen LogP contribution in [0.2, 0.25) is 0 Å². The Bertz CT molecular complexity index is 747. The molecule has 0 saturated heterocycles. The minimum atomic E-state index is -1.19. The SMILES string of the molecule is O=C([O-])c1cccnc1.O=C([O-])c1cccnc1.O=C([O-])c1cccnc1.[Yb+3]. The van der Waals surface area contributed by atoms with Crippen LogP contribution >= 0.6 is 0 Å². The van der Waals surface area contributed by atoms with Gasteiger partial charge in [0.15, 0.2) is 0 Å². The summed E-state index contributed by atoms with van der Waals surface area (Å²) in [6, 6.07) is 8.94. The molecule has 1 radical (unpaired) electrons. The molecule has 0 fully saturated rings. The summed E-state index contributed by atoms with van der Waals surface area (Å²) < 4.78 is 0. The summed E-state index contributed by atoms with van der Waals surface area (Å²) in [4.78, 5) is 40.9. The fraction of sp³-hybridized carbons (Fsp3) is 0. The number of rotatable bonds is 3. The fourth-order valence-corrected chi connectivity index (χ4v) is 1.45. The molecule has 28 heavy (non-hydrogen) atoms. The van der Waals surface area contributed by atoms with E-state index in [1.165, 1.54) is 55.4 Å². The number of carboxylic acid groups (broad SMARTS) is 3. The van der Waals surface area contributed by atoms with Gasteiger partial charge in [-0.15, -0.1) is 0 Å². The Morgan fingerprint density at radius 1 is 0.571 bits per heavy atom. The zero-order chi connectivity index (χ0) is 20.1. The van der Waals surface area contributed by atoms with E-state index in [1.54, 1.807) is 18.2 Å². The third-order valence-electron chi connectivity index (χ3n) is 2.69. The molecule has 0 aromatic carbocycles. The molecule has 0 amide bonds. The number of carboxylic acids is 3. The maximum Gasteiger partial charge on any atom is 3.00 e. The van der Waals surface area contributed by atoms with Crippen LogP contribution in [-0.2, 0) is 0 Å². The van der Waals surface area contributed by atoms with Crippen LogP contribution in [0, 0.1) is 46.9 Å². The molecule has 10 heteroatoms. The standard InChI is InChI=1S/3C6H5NO2.Yb/c3*8-6(9)5-2-1-3-7-4-5;/h3*1-4H,(H,8,9);/q;;;+3/p-3. The first-order chi connectivity index (χ1) is 12.9. The molecule has 149 valence electrons. The second kappa shape index (κ2) is 14.4. The molecule has 3 aromatic heterocycles. The quantitative estimate of drug-likeness (QED) is 0.380. The summed E-state index contributed by atoms with van der Waals surface area (Å²) in [7, 11) is 0. The van der Waals surface area contributed by atoms with E-state index < -0.39 is 17.9 Å². The number of carbonyl (C=O) groups is 3. The zero-order valence-electron chi connectivity index (χ0n) is 14.0. The van der Waals surface area contributed by atoms with Crippen molar-refractivity contribution in [2.75, 3.05) is 0 Å². The third-order valence-corrected chi connectivity index (χ3v) is 2.69. The largest absolute Gasteiger partial charge is 3.00 e. The van der Waals surface area contributed by atoms with Gasteiger partial charge in [-0.25, -0.2) is 0 Å². The minimum Gasteiger partial charge on any atom is -0.545 e. The Kier molecular flexibility index (Phi) is 13.1. The first-order valence-corrected chi connectivity index (χ1v) is 7.26. The average molecular weight is 539 g/mol. The van der Waals surface area contributed by atoms with Crippen molar-refractivity contribution in [3.05, 3.63) is 90.3 Å². The number of aromatic nitrogens is 3. The molecule has 0 aliphatic heterocycles. The van der Waals surface area contributed by atoms with Crippen molar-refractivity contribution in [1.29, 1.82) is 0 Å². The molecule has 3 aromatic rings. The average Bonchev–Trinajstić information content (AvgIpc) is 2.71. The molecule has 0 aliphatic rings. The van der Waals surface area contributed by atoms with Crippen molar-refractivity contribution < 1.29 is 76.6 Å². The van der Waals surface area contributed by atoms with E-state index in [0.717, 1.165) is 0 Å². The van der Waals surface area contributed by atoms with Crippen molar-refractivity contribution in [2.24, 2.45) is 0 Å². The molecule has 0 bridgehead atoms. The van der Waals surface area contributed by atoms with Crippen LogP contribution in [0.1, 0.15) is 31.1 Å². The maximum atomic E-state index is 10.0. The van der Waals surface area contributed by atoms with Gasteiger partial charge < -0.3 is 29.7 Å². The minimum absolute atomic E-state index is 0. The number of pyridine rings is 3. The van der Waals surface area contributed by atoms with Gasteiger partial charge in [0, 0.05) is 53.9 Å². The summed E-state index contributed by atoms with van der Waals surface area (Å²) in [5.74, 6) is -3.57. The Hall–Kier alpha value is -2.62. The molecule has 9 nitrogen and oxygen atoms in total. The van der Waals surface area contributed by atoms with E-state index in [0.29, 0.717) is 0 Å². The monoisotopic (exact) mass is 540 g/mol. The van der Waals surface area contributed by atoms with E-state index in [2.05, 4.69) is 15.0 Å². The van der Waals surface area contributed by atoms with E-state index in [9.17, 15) is 29.7 Å². The number of nitrogens with zero attached hydrogens (tertiary/aromatic N) is 3. The normalized spacial score (nSPS) is 8.57. The molecule has 0 unspecified atom stereocenters. The number of carbonyl (C=O) groups excluding carboxylic acids is 3. The first kappa shape index (κ1) is 25.4. The summed E-state index contributed by atoms with van der Waals surface area (Å²) in [6.45, 7) is 0. The summed E-state index contributed by atoms with van der Waals surface area (Å²) in [5, 5.41) is 30.1. The molecule has 0 aliphatic carbocycles. The van der Waals surface area contributed by atoms with E-state index >= 15 is 0 Å². The molecule has 0 atom stereocenters. The maximum absolute atomic E-state index is 10.0. The van der Waals surface area contributed by atoms with Gasteiger partial charge in [-0.05, 0) is 18.2 Å². The topological polar surface area (TPSA) is 159 Å². The molecular weight excluding hydrogens is 527 g/mol. The van der Waals surface area contributed by atoms with Crippen molar-refractivity contribution >= 4 is 17.9 Å². The Morgan fingerprint density at radius 3 is 0.929 bits per heavy atom. The summed E-state index contributed by atoms with van der Waals surface area (Å²) in [5.41, 5.74) is 0.326. The molecule has 3 rings (SSSR count). The van der Waals surface area contributed by atoms with E-state index in [1.807, 2.05) is 0 Å². The van der Waals surface area contributed by atoms with Crippen LogP contribution in [0.15, 0.2) is 73.6 Å². The Balaban J connectivity index is 0.000000384. The Morgan fingerprint density at radius 2 is 0.821 bits per heavy atom. The second-order valence-corrected chi connectivity index (χ2v) is 4.59. The predicted molar refractivity (Wildman–Crippen MR) is 85.7 cm³/mol. The van der Waals surface area contributed by atoms with Gasteiger partial charge in [0.25, 0.3) is 0 Å². The second-order valence-electron chi connectivity index (χ2n) is 4.59. The first-order valence-electron chi connectivity index (χ1n) is 7.26. The molecular formula is C18H12N3O6Yb. The predicted octanol–water partition coefficient (Wildman–Crippen LogP) is -1.66. The van der Waals surface area contributed by atoms with Crippen LogP contribution in [0.5, 0.6) is 0 Å². The van der Waals surface area contributed by atoms with E-state index in [-0.39, 0.29) is 63.6 Å². The Labute approximate surface area is 198 Å². The van der Waals surface area contributed by atoms with Gasteiger partial charge in [0.2, 0.25) is 0 Å². The van der Waals surface area contributed by atoms with E-state index in [4.69, 9.17) is 0 Å². The number of hydrogen-bond acceptors (Lipinski definition) is 9. The smallest absolute Gasteiger partial charge is 0.545 e. The van der Waals surface area contributed by atoms with Gasteiger partial charge in [-0.1, -0.05) is 18.2 Å². The molecule has 0 N–H and O–H groups in total. The number of aromatic carboxylic acids is 3. The number of hydrogen-bond donors (Lipinski definition) is 0. The van der Waals surface area contributed by atoms with Gasteiger partial charge in [0.05, 0.1) is 17.9 Å². The van der Waals surface area contributed by atoms with Gasteiger partial charge in [-0.3, -0.25) is 15.0 Å². The van der Waals surface area contributed by atoms with Gasteiger partial charge in [-0.2, -0.15) is 0 Å². The van der Waals surface area contributed by atoms with Crippen LogP contribution < -0.4 is 15.3 Å². The fourth-order valence-electron chi connectivity index (χ4n) is 1.45. The van der Waals surface area contributed by atoms with Crippen molar-refractivity contribution in [2.45, 2.75) is 0 Å². The van der Waals surface area contributed by atoms with Crippen molar-refractivity contribution in [3.63, 3.8) is 0 Å². The third kappa shape index (κ3) is 10.5. The van der Waals surface area contributed by atoms with Gasteiger partial charge in [0.1, 0.15) is 0 Å². The summed E-state index contributed by atoms with van der Waals surface area (Å²) >= 11 is 0. The molecule has 0 spiro atoms.